The van der Waals surface area contributed by atoms with Crippen molar-refractivity contribution in [1.82, 2.24) is 4.98 Å². The number of aliphatic hydroxyl groups excluding tert-OH is 1. The fraction of sp³-hybridized carbons (Fsp3) is 0.643. The maximum Gasteiger partial charge on any atom is 0.0957 e. The molecular formula is C14H22N2O. The molecule has 1 aromatic heterocycles. The summed E-state index contributed by atoms with van der Waals surface area (Å²) in [5.74, 6) is 0. The lowest BCUT2D eigenvalue weighted by Crippen LogP contribution is -2.38. The van der Waals surface area contributed by atoms with Crippen molar-refractivity contribution in [3.8, 4) is 0 Å². The number of rotatable bonds is 3. The minimum atomic E-state index is -0.435. The molecular weight excluding hydrogens is 212 g/mol. The van der Waals surface area contributed by atoms with Gasteiger partial charge in [-0.3, -0.25) is 4.98 Å². The molecule has 0 aliphatic carbocycles. The molecule has 0 aromatic carbocycles. The average Bonchev–Trinajstić information content (AvgIpc) is 2.68. The van der Waals surface area contributed by atoms with Gasteiger partial charge in [0.05, 0.1) is 23.7 Å². The van der Waals surface area contributed by atoms with Crippen LogP contribution in [0.15, 0.2) is 18.3 Å². The molecule has 17 heavy (non-hydrogen) atoms. The van der Waals surface area contributed by atoms with Crippen LogP contribution in [-0.4, -0.2) is 22.2 Å². The summed E-state index contributed by atoms with van der Waals surface area (Å²) >= 11 is 0. The maximum absolute atomic E-state index is 9.71. The van der Waals surface area contributed by atoms with Crippen molar-refractivity contribution in [3.63, 3.8) is 0 Å². The van der Waals surface area contributed by atoms with E-state index in [4.69, 9.17) is 0 Å². The Balaban J connectivity index is 2.18. The molecule has 1 N–H and O–H groups in total. The SMILES string of the molecule is CCC(O)c1ccc(N2CCCC2(C)C)cn1. The van der Waals surface area contributed by atoms with E-state index >= 15 is 0 Å². The molecule has 0 saturated carbocycles. The van der Waals surface area contributed by atoms with Gasteiger partial charge in [-0.2, -0.15) is 0 Å². The van der Waals surface area contributed by atoms with Crippen molar-refractivity contribution in [2.45, 2.75) is 51.7 Å². The van der Waals surface area contributed by atoms with Crippen molar-refractivity contribution in [2.24, 2.45) is 0 Å². The molecule has 1 saturated heterocycles. The lowest BCUT2D eigenvalue weighted by molar-refractivity contribution is 0.169. The quantitative estimate of drug-likeness (QED) is 0.873. The Morgan fingerprint density at radius 2 is 2.24 bits per heavy atom. The highest BCUT2D eigenvalue weighted by Crippen LogP contribution is 2.33. The molecule has 3 nitrogen and oxygen atoms in total. The van der Waals surface area contributed by atoms with Crippen LogP contribution in [0.25, 0.3) is 0 Å². The lowest BCUT2D eigenvalue weighted by Gasteiger charge is -2.33. The van der Waals surface area contributed by atoms with Gasteiger partial charge >= 0.3 is 0 Å². The van der Waals surface area contributed by atoms with Gasteiger partial charge in [-0.1, -0.05) is 6.92 Å². The average molecular weight is 234 g/mol. The van der Waals surface area contributed by atoms with E-state index in [1.807, 2.05) is 19.2 Å². The fourth-order valence-corrected chi connectivity index (χ4v) is 2.55. The van der Waals surface area contributed by atoms with Gasteiger partial charge in [0.1, 0.15) is 0 Å². The number of aliphatic hydroxyl groups is 1. The Morgan fingerprint density at radius 1 is 1.47 bits per heavy atom. The van der Waals surface area contributed by atoms with E-state index in [-0.39, 0.29) is 5.54 Å². The Kier molecular flexibility index (Phi) is 3.38. The van der Waals surface area contributed by atoms with Crippen LogP contribution in [0.3, 0.4) is 0 Å². The number of nitrogens with zero attached hydrogens (tertiary/aromatic N) is 2. The third-order valence-corrected chi connectivity index (χ3v) is 3.71. The van der Waals surface area contributed by atoms with Crippen LogP contribution >= 0.6 is 0 Å². The van der Waals surface area contributed by atoms with Crippen molar-refractivity contribution < 1.29 is 5.11 Å². The first kappa shape index (κ1) is 12.4. The Hall–Kier alpha value is -1.09. The Labute approximate surface area is 103 Å². The number of aromatic nitrogens is 1. The van der Waals surface area contributed by atoms with Gasteiger partial charge in [-0.15, -0.1) is 0 Å². The molecule has 1 aliphatic rings. The Bertz CT molecular complexity index is 372. The van der Waals surface area contributed by atoms with Gasteiger partial charge in [0.25, 0.3) is 0 Å². The summed E-state index contributed by atoms with van der Waals surface area (Å²) in [5.41, 5.74) is 2.17. The second kappa shape index (κ2) is 4.65. The van der Waals surface area contributed by atoms with Crippen LogP contribution in [0.4, 0.5) is 5.69 Å². The predicted molar refractivity (Wildman–Crippen MR) is 70.1 cm³/mol. The van der Waals surface area contributed by atoms with Gasteiger partial charge in [-0.05, 0) is 45.2 Å². The number of hydrogen-bond donors (Lipinski definition) is 1. The molecule has 0 spiro atoms. The van der Waals surface area contributed by atoms with Gasteiger partial charge in [0, 0.05) is 12.1 Å². The molecule has 0 radical (unpaired) electrons. The van der Waals surface area contributed by atoms with Gasteiger partial charge in [-0.25, -0.2) is 0 Å². The monoisotopic (exact) mass is 234 g/mol. The second-order valence-electron chi connectivity index (χ2n) is 5.43. The van der Waals surface area contributed by atoms with E-state index in [1.165, 1.54) is 18.5 Å². The molecule has 2 heterocycles. The van der Waals surface area contributed by atoms with Gasteiger partial charge in [0.15, 0.2) is 0 Å². The normalized spacial score (nSPS) is 20.6. The van der Waals surface area contributed by atoms with Crippen LogP contribution < -0.4 is 4.90 Å². The van der Waals surface area contributed by atoms with Crippen molar-refractivity contribution in [1.29, 1.82) is 0 Å². The number of hydrogen-bond acceptors (Lipinski definition) is 3. The zero-order valence-electron chi connectivity index (χ0n) is 11.0. The third kappa shape index (κ3) is 2.44. The van der Waals surface area contributed by atoms with Gasteiger partial charge < -0.3 is 10.0 Å². The smallest absolute Gasteiger partial charge is 0.0957 e. The van der Waals surface area contributed by atoms with E-state index in [1.54, 1.807) is 0 Å². The summed E-state index contributed by atoms with van der Waals surface area (Å²) < 4.78 is 0. The molecule has 1 aromatic rings. The molecule has 1 fully saturated rings. The largest absolute Gasteiger partial charge is 0.387 e. The zero-order chi connectivity index (χ0) is 12.5. The first-order valence-electron chi connectivity index (χ1n) is 6.46. The molecule has 0 bridgehead atoms. The minimum Gasteiger partial charge on any atom is -0.387 e. The summed E-state index contributed by atoms with van der Waals surface area (Å²) in [6.07, 6.45) is 4.64. The van der Waals surface area contributed by atoms with Crippen molar-refractivity contribution in [3.05, 3.63) is 24.0 Å². The van der Waals surface area contributed by atoms with Crippen LogP contribution in [0.5, 0.6) is 0 Å². The van der Waals surface area contributed by atoms with E-state index in [2.05, 4.69) is 29.8 Å². The van der Waals surface area contributed by atoms with Crippen molar-refractivity contribution >= 4 is 5.69 Å². The summed E-state index contributed by atoms with van der Waals surface area (Å²) in [6.45, 7) is 7.61. The molecule has 1 unspecified atom stereocenters. The van der Waals surface area contributed by atoms with E-state index in [0.717, 1.165) is 12.2 Å². The molecule has 94 valence electrons. The molecule has 1 aliphatic heterocycles. The highest BCUT2D eigenvalue weighted by atomic mass is 16.3. The van der Waals surface area contributed by atoms with Crippen LogP contribution in [0, 0.1) is 0 Å². The molecule has 3 heteroatoms. The highest BCUT2D eigenvalue weighted by Gasteiger charge is 2.32. The second-order valence-corrected chi connectivity index (χ2v) is 5.43. The van der Waals surface area contributed by atoms with Crippen LogP contribution in [0.1, 0.15) is 51.8 Å². The summed E-state index contributed by atoms with van der Waals surface area (Å²) in [4.78, 5) is 6.77. The fourth-order valence-electron chi connectivity index (χ4n) is 2.55. The summed E-state index contributed by atoms with van der Waals surface area (Å²) in [7, 11) is 0. The van der Waals surface area contributed by atoms with E-state index in [9.17, 15) is 5.11 Å². The summed E-state index contributed by atoms with van der Waals surface area (Å²) in [6, 6.07) is 4.02. The topological polar surface area (TPSA) is 36.4 Å². The highest BCUT2D eigenvalue weighted by molar-refractivity contribution is 5.48. The Morgan fingerprint density at radius 3 is 2.71 bits per heavy atom. The first-order chi connectivity index (χ1) is 8.04. The van der Waals surface area contributed by atoms with Crippen molar-refractivity contribution in [2.75, 3.05) is 11.4 Å². The van der Waals surface area contributed by atoms with E-state index in [0.29, 0.717) is 6.42 Å². The first-order valence-corrected chi connectivity index (χ1v) is 6.46. The molecule has 1 atom stereocenters. The zero-order valence-corrected chi connectivity index (χ0v) is 11.0. The van der Waals surface area contributed by atoms with Gasteiger partial charge in [0.2, 0.25) is 0 Å². The number of anilines is 1. The third-order valence-electron chi connectivity index (χ3n) is 3.71. The summed E-state index contributed by atoms with van der Waals surface area (Å²) in [5, 5.41) is 9.71. The molecule has 0 amide bonds. The minimum absolute atomic E-state index is 0.229. The maximum atomic E-state index is 9.71. The lowest BCUT2D eigenvalue weighted by atomic mass is 10.0. The molecule has 2 rings (SSSR count). The van der Waals surface area contributed by atoms with Crippen LogP contribution in [-0.2, 0) is 0 Å². The standard InChI is InChI=1S/C14H22N2O/c1-4-13(17)12-7-6-11(10-15-12)16-9-5-8-14(16,2)3/h6-7,10,13,17H,4-5,8-9H2,1-3H3. The van der Waals surface area contributed by atoms with Crippen LogP contribution in [0.2, 0.25) is 0 Å². The predicted octanol–water partition coefficient (Wildman–Crippen LogP) is 2.90. The van der Waals surface area contributed by atoms with E-state index < -0.39 is 6.10 Å². The number of pyridine rings is 1.